The third-order valence-corrected chi connectivity index (χ3v) is 5.28. The van der Waals surface area contributed by atoms with E-state index in [0.29, 0.717) is 12.1 Å². The van der Waals surface area contributed by atoms with E-state index >= 15 is 0 Å². The number of hydrogen-bond acceptors (Lipinski definition) is 3. The number of pyridine rings is 1. The summed E-state index contributed by atoms with van der Waals surface area (Å²) in [5.74, 6) is -0.165. The fourth-order valence-corrected chi connectivity index (χ4v) is 3.80. The molecule has 0 fully saturated rings. The van der Waals surface area contributed by atoms with Crippen LogP contribution in [-0.4, -0.2) is 19.7 Å². The first kappa shape index (κ1) is 16.1. The fraction of sp³-hybridized carbons (Fsp3) is 0.182. The molecule has 0 radical (unpaired) electrons. The number of fused-ring (bicyclic) bond motifs is 2. The van der Waals surface area contributed by atoms with Gasteiger partial charge < -0.3 is 0 Å². The third kappa shape index (κ3) is 2.90. The SMILES string of the molecule is Cn1ncc2ccc(-c3ccc(CN4Cc5cccnc5C4)c(F)c3)cc21. The minimum atomic E-state index is -0.165. The van der Waals surface area contributed by atoms with Gasteiger partial charge in [0.2, 0.25) is 0 Å². The van der Waals surface area contributed by atoms with Crippen LogP contribution in [0, 0.1) is 5.82 Å². The van der Waals surface area contributed by atoms with Crippen LogP contribution >= 0.6 is 0 Å². The minimum Gasteiger partial charge on any atom is -0.289 e. The Morgan fingerprint density at radius 2 is 1.89 bits per heavy atom. The first-order valence-electron chi connectivity index (χ1n) is 9.03. The van der Waals surface area contributed by atoms with E-state index in [1.54, 1.807) is 6.07 Å². The highest BCUT2D eigenvalue weighted by molar-refractivity contribution is 5.84. The number of aryl methyl sites for hydroxylation is 1. The second kappa shape index (κ2) is 6.28. The molecule has 0 atom stereocenters. The molecular weight excluding hydrogens is 339 g/mol. The molecule has 5 rings (SSSR count). The summed E-state index contributed by atoms with van der Waals surface area (Å²) in [5.41, 5.74) is 5.96. The highest BCUT2D eigenvalue weighted by Gasteiger charge is 2.20. The molecule has 0 spiro atoms. The lowest BCUT2D eigenvalue weighted by atomic mass is 10.0. The molecule has 0 amide bonds. The Balaban J connectivity index is 1.40. The molecular formula is C22H19FN4. The van der Waals surface area contributed by atoms with E-state index < -0.39 is 0 Å². The normalized spacial score (nSPS) is 14.0. The fourth-order valence-electron chi connectivity index (χ4n) is 3.80. The summed E-state index contributed by atoms with van der Waals surface area (Å²) in [7, 11) is 1.92. The van der Waals surface area contributed by atoms with Crippen molar-refractivity contribution in [2.75, 3.05) is 0 Å². The lowest BCUT2D eigenvalue weighted by Gasteiger charge is -2.15. The van der Waals surface area contributed by atoms with Gasteiger partial charge in [0, 0.05) is 43.8 Å². The van der Waals surface area contributed by atoms with Crippen LogP contribution in [0.4, 0.5) is 4.39 Å². The van der Waals surface area contributed by atoms with Crippen LogP contribution in [0.15, 0.2) is 60.9 Å². The van der Waals surface area contributed by atoms with Crippen LogP contribution < -0.4 is 0 Å². The van der Waals surface area contributed by atoms with Crippen molar-refractivity contribution in [1.82, 2.24) is 19.7 Å². The van der Waals surface area contributed by atoms with Gasteiger partial charge in [-0.1, -0.05) is 30.3 Å². The van der Waals surface area contributed by atoms with Gasteiger partial charge in [0.1, 0.15) is 5.82 Å². The maximum Gasteiger partial charge on any atom is 0.128 e. The van der Waals surface area contributed by atoms with Gasteiger partial charge in [-0.2, -0.15) is 5.10 Å². The van der Waals surface area contributed by atoms with Crippen molar-refractivity contribution in [1.29, 1.82) is 0 Å². The number of rotatable bonds is 3. The van der Waals surface area contributed by atoms with Crippen LogP contribution in [-0.2, 0) is 26.7 Å². The average molecular weight is 358 g/mol. The molecule has 4 aromatic rings. The van der Waals surface area contributed by atoms with E-state index in [1.165, 1.54) is 5.56 Å². The number of hydrogen-bond donors (Lipinski definition) is 0. The van der Waals surface area contributed by atoms with Gasteiger partial charge in [0.05, 0.1) is 17.4 Å². The topological polar surface area (TPSA) is 34.0 Å². The van der Waals surface area contributed by atoms with Crippen molar-refractivity contribution in [2.45, 2.75) is 19.6 Å². The molecule has 5 heteroatoms. The Morgan fingerprint density at radius 3 is 2.74 bits per heavy atom. The Kier molecular flexibility index (Phi) is 3.76. The minimum absolute atomic E-state index is 0.165. The summed E-state index contributed by atoms with van der Waals surface area (Å²) in [4.78, 5) is 6.63. The van der Waals surface area contributed by atoms with E-state index in [-0.39, 0.29) is 5.82 Å². The second-order valence-corrected chi connectivity index (χ2v) is 7.10. The van der Waals surface area contributed by atoms with Crippen molar-refractivity contribution in [3.8, 4) is 11.1 Å². The van der Waals surface area contributed by atoms with E-state index in [2.05, 4.69) is 27.1 Å². The largest absolute Gasteiger partial charge is 0.289 e. The Hall–Kier alpha value is -3.05. The Bertz CT molecular complexity index is 1120. The maximum absolute atomic E-state index is 14.8. The monoisotopic (exact) mass is 358 g/mol. The summed E-state index contributed by atoms with van der Waals surface area (Å²) in [6, 6.07) is 15.7. The van der Waals surface area contributed by atoms with E-state index in [9.17, 15) is 4.39 Å². The number of benzene rings is 2. The zero-order valence-electron chi connectivity index (χ0n) is 15.1. The molecule has 3 heterocycles. The van der Waals surface area contributed by atoms with Crippen LogP contribution in [0.3, 0.4) is 0 Å². The van der Waals surface area contributed by atoms with Crippen molar-refractivity contribution >= 4 is 10.9 Å². The standard InChI is InChI=1S/C22H19FN4/c1-26-22-10-16(4-6-17(22)11-25-26)15-5-7-18(20(23)9-15)12-27-13-19-3-2-8-24-21(19)14-27/h2-11H,12-14H2,1H3. The molecule has 0 aliphatic carbocycles. The zero-order valence-corrected chi connectivity index (χ0v) is 15.1. The number of nitrogens with zero attached hydrogens (tertiary/aromatic N) is 4. The molecule has 4 nitrogen and oxygen atoms in total. The molecule has 0 unspecified atom stereocenters. The third-order valence-electron chi connectivity index (χ3n) is 5.28. The van der Waals surface area contributed by atoms with Gasteiger partial charge >= 0.3 is 0 Å². The van der Waals surface area contributed by atoms with Crippen LogP contribution in [0.25, 0.3) is 22.0 Å². The molecule has 1 aliphatic rings. The summed E-state index contributed by atoms with van der Waals surface area (Å²) in [6.07, 6.45) is 3.66. The summed E-state index contributed by atoms with van der Waals surface area (Å²) >= 11 is 0. The van der Waals surface area contributed by atoms with Gasteiger partial charge in [-0.25, -0.2) is 4.39 Å². The van der Waals surface area contributed by atoms with Crippen LogP contribution in [0.5, 0.6) is 0 Å². The van der Waals surface area contributed by atoms with Gasteiger partial charge in [0.25, 0.3) is 0 Å². The summed E-state index contributed by atoms with van der Waals surface area (Å²) in [6.45, 7) is 2.18. The van der Waals surface area contributed by atoms with E-state index in [1.807, 2.05) is 54.5 Å². The smallest absolute Gasteiger partial charge is 0.128 e. The molecule has 134 valence electrons. The first-order chi connectivity index (χ1) is 13.2. The average Bonchev–Trinajstić information content (AvgIpc) is 3.26. The van der Waals surface area contributed by atoms with Crippen molar-refractivity contribution < 1.29 is 4.39 Å². The van der Waals surface area contributed by atoms with E-state index in [0.717, 1.165) is 40.8 Å². The lowest BCUT2D eigenvalue weighted by Crippen LogP contribution is -2.16. The van der Waals surface area contributed by atoms with Gasteiger partial charge in [-0.3, -0.25) is 14.6 Å². The lowest BCUT2D eigenvalue weighted by molar-refractivity contribution is 0.270. The molecule has 0 N–H and O–H groups in total. The zero-order chi connectivity index (χ0) is 18.4. The highest BCUT2D eigenvalue weighted by Crippen LogP contribution is 2.28. The quantitative estimate of drug-likeness (QED) is 0.548. The van der Waals surface area contributed by atoms with E-state index in [4.69, 9.17) is 0 Å². The summed E-state index contributed by atoms with van der Waals surface area (Å²) < 4.78 is 16.6. The van der Waals surface area contributed by atoms with Crippen molar-refractivity contribution in [3.63, 3.8) is 0 Å². The molecule has 1 aliphatic heterocycles. The van der Waals surface area contributed by atoms with Gasteiger partial charge in [0.15, 0.2) is 0 Å². The molecule has 0 saturated heterocycles. The number of halogens is 1. The maximum atomic E-state index is 14.8. The van der Waals surface area contributed by atoms with Gasteiger partial charge in [-0.05, 0) is 34.9 Å². The predicted molar refractivity (Wildman–Crippen MR) is 103 cm³/mol. The van der Waals surface area contributed by atoms with Crippen molar-refractivity contribution in [2.24, 2.45) is 7.05 Å². The van der Waals surface area contributed by atoms with Crippen molar-refractivity contribution in [3.05, 3.63) is 83.6 Å². The Labute approximate surface area is 156 Å². The highest BCUT2D eigenvalue weighted by atomic mass is 19.1. The second-order valence-electron chi connectivity index (χ2n) is 7.10. The Morgan fingerprint density at radius 1 is 1.04 bits per heavy atom. The molecule has 2 aromatic carbocycles. The first-order valence-corrected chi connectivity index (χ1v) is 9.03. The predicted octanol–water partition coefficient (Wildman–Crippen LogP) is 4.29. The van der Waals surface area contributed by atoms with Gasteiger partial charge in [-0.15, -0.1) is 0 Å². The number of aromatic nitrogens is 3. The summed E-state index contributed by atoms with van der Waals surface area (Å²) in [5, 5.41) is 5.35. The van der Waals surface area contributed by atoms with Crippen LogP contribution in [0.1, 0.15) is 16.8 Å². The molecule has 0 saturated carbocycles. The molecule has 2 aromatic heterocycles. The molecule has 27 heavy (non-hydrogen) atoms. The van der Waals surface area contributed by atoms with Crippen LogP contribution in [0.2, 0.25) is 0 Å². The molecule has 0 bridgehead atoms.